The number of nitrogens with zero attached hydrogens (tertiary/aromatic N) is 4. The second-order valence-corrected chi connectivity index (χ2v) is 6.68. The Bertz CT molecular complexity index is 972. The molecule has 0 saturated carbocycles. The van der Waals surface area contributed by atoms with Crippen LogP contribution >= 0.6 is 23.2 Å². The van der Waals surface area contributed by atoms with Crippen LogP contribution in [0.15, 0.2) is 39.8 Å². The van der Waals surface area contributed by atoms with Gasteiger partial charge in [-0.3, -0.25) is 4.79 Å². The highest BCUT2D eigenvalue weighted by Crippen LogP contribution is 2.20. The summed E-state index contributed by atoms with van der Waals surface area (Å²) in [6, 6.07) is 7.26. The summed E-state index contributed by atoms with van der Waals surface area (Å²) in [5.41, 5.74) is 0.643. The Morgan fingerprint density at radius 2 is 1.93 bits per heavy atom. The van der Waals surface area contributed by atoms with Gasteiger partial charge in [-0.25, -0.2) is 4.68 Å². The minimum Gasteiger partial charge on any atom is -0.396 e. The number of aromatic nitrogens is 4. The number of benzene rings is 1. The average Bonchev–Trinajstić information content (AvgIpc) is 3.13. The summed E-state index contributed by atoms with van der Waals surface area (Å²) in [5, 5.41) is 27.1. The third-order valence-corrected chi connectivity index (χ3v) is 4.63. The van der Waals surface area contributed by atoms with E-state index in [0.717, 1.165) is 10.2 Å². The summed E-state index contributed by atoms with van der Waals surface area (Å²) in [4.78, 5) is 16.4. The molecule has 0 aliphatic rings. The zero-order valence-corrected chi connectivity index (χ0v) is 15.6. The monoisotopic (exact) mass is 410 g/mol. The van der Waals surface area contributed by atoms with Crippen LogP contribution in [0.5, 0.6) is 0 Å². The van der Waals surface area contributed by atoms with Crippen molar-refractivity contribution in [3.63, 3.8) is 0 Å². The number of hydrogen-bond donors (Lipinski definition) is 2. The van der Waals surface area contributed by atoms with E-state index in [4.69, 9.17) is 32.8 Å². The first kappa shape index (κ1) is 19.5. The normalized spacial score (nSPS) is 12.3. The fourth-order valence-electron chi connectivity index (χ4n) is 2.49. The zero-order chi connectivity index (χ0) is 19.4. The van der Waals surface area contributed by atoms with Crippen molar-refractivity contribution in [2.24, 2.45) is 0 Å². The topological polar surface area (TPSA) is 114 Å². The number of hydrogen-bond acceptors (Lipinski definition) is 7. The lowest BCUT2D eigenvalue weighted by Crippen LogP contribution is -2.25. The number of halogens is 2. The Morgan fingerprint density at radius 1 is 1.19 bits per heavy atom. The summed E-state index contributed by atoms with van der Waals surface area (Å²) in [6.07, 6.45) is 1.81. The first-order valence-corrected chi connectivity index (χ1v) is 8.80. The lowest BCUT2D eigenvalue weighted by molar-refractivity contribution is 0.255. The van der Waals surface area contributed by atoms with Crippen molar-refractivity contribution in [2.75, 3.05) is 6.61 Å². The van der Waals surface area contributed by atoms with E-state index in [2.05, 4.69) is 15.2 Å². The van der Waals surface area contributed by atoms with Crippen molar-refractivity contribution in [3.8, 4) is 0 Å². The second-order valence-electron chi connectivity index (χ2n) is 5.86. The van der Waals surface area contributed by atoms with Crippen LogP contribution in [0.1, 0.15) is 28.8 Å². The lowest BCUT2D eigenvalue weighted by atomic mass is 9.99. The minimum atomic E-state index is -0.567. The van der Waals surface area contributed by atoms with Crippen LogP contribution in [0.25, 0.3) is 0 Å². The van der Waals surface area contributed by atoms with Crippen LogP contribution in [0.3, 0.4) is 0 Å². The van der Waals surface area contributed by atoms with Gasteiger partial charge < -0.3 is 14.7 Å². The van der Waals surface area contributed by atoms with E-state index in [1.165, 1.54) is 6.20 Å². The molecule has 2 N–H and O–H groups in total. The molecule has 1 atom stereocenters. The molecule has 0 saturated heterocycles. The van der Waals surface area contributed by atoms with Crippen molar-refractivity contribution >= 4 is 23.2 Å². The van der Waals surface area contributed by atoms with Gasteiger partial charge in [-0.05, 0) is 24.1 Å². The molecule has 27 heavy (non-hydrogen) atoms. The van der Waals surface area contributed by atoms with Gasteiger partial charge in [0.25, 0.3) is 5.56 Å². The molecule has 1 unspecified atom stereocenters. The molecule has 0 amide bonds. The molecule has 10 heteroatoms. The van der Waals surface area contributed by atoms with Gasteiger partial charge in [0.05, 0.1) is 19.4 Å². The molecule has 2 heterocycles. The van der Waals surface area contributed by atoms with Crippen LogP contribution in [0, 0.1) is 0 Å². The maximum atomic E-state index is 12.1. The highest BCUT2D eigenvalue weighted by atomic mass is 35.5. The molecule has 3 rings (SSSR count). The molecule has 1 aromatic carbocycles. The van der Waals surface area contributed by atoms with Crippen LogP contribution in [-0.2, 0) is 19.6 Å². The molecule has 3 aromatic rings. The predicted molar refractivity (Wildman–Crippen MR) is 97.8 cm³/mol. The standard InChI is InChI=1S/C17H16Cl2N4O4/c18-13-3-1-10(2-4-13)5-11(8-24)16-21-14(27-22-16)7-23-17(26)15(19)12(9-25)6-20-23/h1-4,6,11,24-25H,5,7-9H2. The first-order valence-electron chi connectivity index (χ1n) is 8.05. The fraction of sp³-hybridized carbons (Fsp3) is 0.294. The van der Waals surface area contributed by atoms with Gasteiger partial charge in [0.2, 0.25) is 5.89 Å². The summed E-state index contributed by atoms with van der Waals surface area (Å²) < 4.78 is 6.24. The third-order valence-electron chi connectivity index (χ3n) is 3.98. The molecular weight excluding hydrogens is 395 g/mol. The Labute approximate surface area is 164 Å². The summed E-state index contributed by atoms with van der Waals surface area (Å²) >= 11 is 11.8. The van der Waals surface area contributed by atoms with Gasteiger partial charge in [-0.2, -0.15) is 10.1 Å². The number of aliphatic hydroxyl groups is 2. The van der Waals surface area contributed by atoms with Crippen LogP contribution in [0.2, 0.25) is 10.0 Å². The summed E-state index contributed by atoms with van der Waals surface area (Å²) in [7, 11) is 0. The average molecular weight is 411 g/mol. The largest absolute Gasteiger partial charge is 0.396 e. The maximum Gasteiger partial charge on any atom is 0.286 e. The van der Waals surface area contributed by atoms with E-state index < -0.39 is 5.56 Å². The highest BCUT2D eigenvalue weighted by Gasteiger charge is 2.19. The fourth-order valence-corrected chi connectivity index (χ4v) is 2.82. The van der Waals surface area contributed by atoms with E-state index in [-0.39, 0.29) is 42.2 Å². The molecule has 0 aliphatic heterocycles. The number of rotatable bonds is 7. The van der Waals surface area contributed by atoms with Crippen molar-refractivity contribution in [1.29, 1.82) is 0 Å². The quantitative estimate of drug-likeness (QED) is 0.609. The molecule has 142 valence electrons. The Balaban J connectivity index is 1.76. The van der Waals surface area contributed by atoms with Crippen molar-refractivity contribution in [2.45, 2.75) is 25.5 Å². The SMILES string of the molecule is O=c1c(Cl)c(CO)cnn1Cc1nc(C(CO)Cc2ccc(Cl)cc2)no1. The summed E-state index contributed by atoms with van der Waals surface area (Å²) in [5.74, 6) is 0.115. The smallest absolute Gasteiger partial charge is 0.286 e. The van der Waals surface area contributed by atoms with E-state index in [9.17, 15) is 9.90 Å². The van der Waals surface area contributed by atoms with E-state index in [1.54, 1.807) is 12.1 Å². The molecule has 2 aromatic heterocycles. The van der Waals surface area contributed by atoms with Gasteiger partial charge >= 0.3 is 0 Å². The highest BCUT2D eigenvalue weighted by molar-refractivity contribution is 6.31. The third kappa shape index (κ3) is 4.54. The molecule has 0 spiro atoms. The van der Waals surface area contributed by atoms with E-state index in [0.29, 0.717) is 17.3 Å². The lowest BCUT2D eigenvalue weighted by Gasteiger charge is -2.09. The van der Waals surface area contributed by atoms with Gasteiger partial charge in [0, 0.05) is 16.5 Å². The molecule has 0 radical (unpaired) electrons. The second kappa shape index (κ2) is 8.62. The first-order chi connectivity index (χ1) is 13.0. The zero-order valence-electron chi connectivity index (χ0n) is 14.0. The Hall–Kier alpha value is -2.26. The molecule has 0 aliphatic carbocycles. The van der Waals surface area contributed by atoms with Crippen molar-refractivity contribution in [3.05, 3.63) is 73.7 Å². The van der Waals surface area contributed by atoms with Crippen LogP contribution < -0.4 is 5.56 Å². The van der Waals surface area contributed by atoms with Gasteiger partial charge in [-0.1, -0.05) is 40.5 Å². The Kier molecular flexibility index (Phi) is 6.22. The van der Waals surface area contributed by atoms with E-state index >= 15 is 0 Å². The maximum absolute atomic E-state index is 12.1. The summed E-state index contributed by atoms with van der Waals surface area (Å²) in [6.45, 7) is -0.622. The molecular formula is C17H16Cl2N4O4. The molecule has 8 nitrogen and oxygen atoms in total. The molecule has 0 bridgehead atoms. The van der Waals surface area contributed by atoms with Gasteiger partial charge in [0.15, 0.2) is 5.82 Å². The van der Waals surface area contributed by atoms with Crippen molar-refractivity contribution in [1.82, 2.24) is 19.9 Å². The predicted octanol–water partition coefficient (Wildman–Crippen LogP) is 1.79. The van der Waals surface area contributed by atoms with Crippen LogP contribution in [0.4, 0.5) is 0 Å². The van der Waals surface area contributed by atoms with E-state index in [1.807, 2.05) is 12.1 Å². The minimum absolute atomic E-state index is 0.0731. The van der Waals surface area contributed by atoms with Crippen molar-refractivity contribution < 1.29 is 14.7 Å². The number of aliphatic hydroxyl groups excluding tert-OH is 2. The molecule has 0 fully saturated rings. The van der Waals surface area contributed by atoms with Crippen LogP contribution in [-0.4, -0.2) is 36.7 Å². The van der Waals surface area contributed by atoms with Gasteiger partial charge in [0.1, 0.15) is 11.6 Å². The Morgan fingerprint density at radius 3 is 2.59 bits per heavy atom. The van der Waals surface area contributed by atoms with Gasteiger partial charge in [-0.15, -0.1) is 0 Å².